The molecule has 4 bridgehead atoms. The lowest BCUT2D eigenvalue weighted by molar-refractivity contribution is -0.248. The van der Waals surface area contributed by atoms with Crippen molar-refractivity contribution in [1.29, 1.82) is 0 Å². The van der Waals surface area contributed by atoms with Crippen LogP contribution in [0.1, 0.15) is 107 Å². The molecular weight excluding hydrogens is 747 g/mol. The van der Waals surface area contributed by atoms with Gasteiger partial charge in [-0.3, -0.25) is 15.5 Å². The number of carboxylic acids is 1. The number of aromatic nitrogens is 4. The summed E-state index contributed by atoms with van der Waals surface area (Å²) in [5.41, 5.74) is 14.2. The van der Waals surface area contributed by atoms with Crippen LogP contribution in [0.4, 0.5) is 10.9 Å². The number of allylic oxidation sites excluding steroid dienone is 2. The highest BCUT2D eigenvalue weighted by Gasteiger charge is 2.66. The lowest BCUT2D eigenvalue weighted by atomic mass is 9.39. The molecule has 5 fully saturated rings. The predicted octanol–water partition coefficient (Wildman–Crippen LogP) is 8.36. The van der Waals surface area contributed by atoms with E-state index in [4.69, 9.17) is 19.8 Å². The minimum atomic E-state index is -1.05. The molecule has 2 unspecified atom stereocenters. The normalized spacial score (nSPS) is 29.3. The number of likely N-dealkylation sites (tertiary alicyclic amines) is 1. The van der Waals surface area contributed by atoms with Crippen LogP contribution >= 0.6 is 11.3 Å². The molecule has 12 nitrogen and oxygen atoms in total. The van der Waals surface area contributed by atoms with Gasteiger partial charge in [0.2, 0.25) is 0 Å². The molecule has 13 heteroatoms. The van der Waals surface area contributed by atoms with Gasteiger partial charge in [-0.1, -0.05) is 31.3 Å². The average Bonchev–Trinajstić information content (AvgIpc) is 3.91. The van der Waals surface area contributed by atoms with E-state index >= 15 is 0 Å². The van der Waals surface area contributed by atoms with Crippen LogP contribution in [0, 0.1) is 30.1 Å². The molecule has 3 aromatic heterocycles. The van der Waals surface area contributed by atoms with Crippen molar-refractivity contribution < 1.29 is 14.6 Å². The molecule has 6 heterocycles. The Bertz CT molecular complexity index is 2350. The zero-order chi connectivity index (χ0) is 40.0. The van der Waals surface area contributed by atoms with Crippen molar-refractivity contribution in [3.8, 4) is 11.1 Å². The van der Waals surface area contributed by atoms with Crippen molar-refractivity contribution in [2.75, 3.05) is 43.0 Å². The number of rotatable bonds is 11. The highest BCUT2D eigenvalue weighted by atomic mass is 32.1. The topological polar surface area (TPSA) is 133 Å². The first kappa shape index (κ1) is 37.8. The van der Waals surface area contributed by atoms with Gasteiger partial charge in [0.1, 0.15) is 17.5 Å². The average molecular weight is 804 g/mol. The second kappa shape index (κ2) is 13.8. The summed E-state index contributed by atoms with van der Waals surface area (Å²) in [7, 11) is 0. The molecule has 58 heavy (non-hydrogen) atoms. The van der Waals surface area contributed by atoms with Crippen LogP contribution in [-0.2, 0) is 11.3 Å². The zero-order valence-electron chi connectivity index (χ0n) is 34.6. The summed E-state index contributed by atoms with van der Waals surface area (Å²) in [5.74, 6) is 1.30. The first-order chi connectivity index (χ1) is 27.8. The number of aromatic carboxylic acids is 1. The van der Waals surface area contributed by atoms with Gasteiger partial charge in [0.25, 0.3) is 0 Å². The van der Waals surface area contributed by atoms with Gasteiger partial charge in [-0.05, 0) is 150 Å². The highest BCUT2D eigenvalue weighted by Crippen LogP contribution is 2.72. The Morgan fingerprint density at radius 2 is 1.72 bits per heavy atom. The second-order valence-corrected chi connectivity index (χ2v) is 20.4. The van der Waals surface area contributed by atoms with Crippen molar-refractivity contribution in [2.45, 2.75) is 111 Å². The first-order valence-corrected chi connectivity index (χ1v) is 22.1. The summed E-state index contributed by atoms with van der Waals surface area (Å²) in [6.07, 6.45) is 13.3. The summed E-state index contributed by atoms with van der Waals surface area (Å²) < 4.78 is 10.3. The number of hydrogen-bond donors (Lipinski definition) is 4. The maximum Gasteiger partial charge on any atom is 0.355 e. The fourth-order valence-corrected chi connectivity index (χ4v) is 13.9. The van der Waals surface area contributed by atoms with E-state index in [-0.39, 0.29) is 27.5 Å². The van der Waals surface area contributed by atoms with Gasteiger partial charge in [-0.15, -0.1) is 0 Å². The molecule has 0 radical (unpaired) electrons. The number of hydrazine groups is 1. The van der Waals surface area contributed by atoms with E-state index in [0.717, 1.165) is 101 Å². The summed E-state index contributed by atoms with van der Waals surface area (Å²) in [6.45, 7) is 17.1. The van der Waals surface area contributed by atoms with Gasteiger partial charge in [0, 0.05) is 42.0 Å². The predicted molar refractivity (Wildman–Crippen MR) is 228 cm³/mol. The fourth-order valence-electron chi connectivity index (χ4n) is 12.9. The van der Waals surface area contributed by atoms with Crippen LogP contribution < -0.4 is 21.1 Å². The van der Waals surface area contributed by atoms with Gasteiger partial charge in [0.05, 0.1) is 28.6 Å². The van der Waals surface area contributed by atoms with Gasteiger partial charge in [-0.25, -0.2) is 14.8 Å². The number of fused-ring (bicyclic) bond motifs is 1. The van der Waals surface area contributed by atoms with Gasteiger partial charge in [-0.2, -0.15) is 5.10 Å². The SMILES string of the molecule is CC1=C(Nc2nc3ccc(C)cc3s2)NNC2=C1CCCN2c1ccc(-c2cnn(CC34CC5(C)CC(C)(C3)CC(OCCN3CCCC3)(C5)C4)c2C)c(C(=O)O)n1. The summed E-state index contributed by atoms with van der Waals surface area (Å²) in [5, 5.41) is 19.9. The van der Waals surface area contributed by atoms with E-state index in [2.05, 4.69) is 83.5 Å². The Balaban J connectivity index is 0.899. The largest absolute Gasteiger partial charge is 0.476 e. The smallest absolute Gasteiger partial charge is 0.355 e. The van der Waals surface area contributed by atoms with Crippen LogP contribution in [0.2, 0.25) is 0 Å². The Kier molecular flexibility index (Phi) is 9.00. The lowest BCUT2D eigenvalue weighted by Crippen LogP contribution is -2.64. The van der Waals surface area contributed by atoms with Crippen molar-refractivity contribution in [3.05, 3.63) is 76.3 Å². The molecule has 11 rings (SSSR count). The van der Waals surface area contributed by atoms with Crippen LogP contribution in [0.15, 0.2) is 59.3 Å². The van der Waals surface area contributed by atoms with Gasteiger partial charge < -0.3 is 25.0 Å². The van der Waals surface area contributed by atoms with Gasteiger partial charge >= 0.3 is 5.97 Å². The maximum absolute atomic E-state index is 13.0. The van der Waals surface area contributed by atoms with Crippen molar-refractivity contribution in [3.63, 3.8) is 0 Å². The molecule has 4 aromatic rings. The zero-order valence-corrected chi connectivity index (χ0v) is 35.4. The van der Waals surface area contributed by atoms with Crippen LogP contribution in [-0.4, -0.2) is 74.1 Å². The molecular formula is C45H57N9O3S. The van der Waals surface area contributed by atoms with Crippen LogP contribution in [0.25, 0.3) is 21.3 Å². The summed E-state index contributed by atoms with van der Waals surface area (Å²) in [6, 6.07) is 10.2. The third-order valence-electron chi connectivity index (χ3n) is 14.2. The molecule has 0 spiro atoms. The quantitative estimate of drug-likeness (QED) is 0.117. The van der Waals surface area contributed by atoms with Gasteiger partial charge in [0.15, 0.2) is 10.8 Å². The highest BCUT2D eigenvalue weighted by molar-refractivity contribution is 7.22. The molecule has 3 aliphatic heterocycles. The van der Waals surface area contributed by atoms with E-state index in [9.17, 15) is 9.90 Å². The van der Waals surface area contributed by atoms with Crippen LogP contribution in [0.3, 0.4) is 0 Å². The molecule has 4 aliphatic carbocycles. The number of anilines is 2. The van der Waals surface area contributed by atoms with Crippen LogP contribution in [0.5, 0.6) is 0 Å². The van der Waals surface area contributed by atoms with Crippen molar-refractivity contribution in [1.82, 2.24) is 35.5 Å². The Morgan fingerprint density at radius 1 is 0.931 bits per heavy atom. The number of carbonyl (C=O) groups is 1. The van der Waals surface area contributed by atoms with E-state index in [0.29, 0.717) is 17.9 Å². The third-order valence-corrected chi connectivity index (χ3v) is 15.1. The number of benzene rings is 1. The molecule has 4 N–H and O–H groups in total. The van der Waals surface area contributed by atoms with Crippen molar-refractivity contribution in [2.24, 2.45) is 16.2 Å². The molecule has 4 saturated carbocycles. The molecule has 1 aromatic carbocycles. The summed E-state index contributed by atoms with van der Waals surface area (Å²) in [4.78, 5) is 27.3. The Labute approximate surface area is 345 Å². The van der Waals surface area contributed by atoms with E-state index in [1.165, 1.54) is 50.8 Å². The standard InChI is InChI=1S/C45H57N9O3S/c1-28-10-12-34-35(19-28)58-41(47-34)49-38-29(2)31-9-8-16-53(39(31)51-50-38)36-13-11-32(37(48-36)40(55)56)33-20-46-54(30(33)3)27-44-22-42(4)21-43(5,23-44)25-45(24-42,26-44)57-18-17-52-14-6-7-15-52/h10-13,19-20,50-51H,6-9,14-18,21-27H2,1-5H3,(H,47,49)(H,55,56). The Morgan fingerprint density at radius 3 is 2.50 bits per heavy atom. The number of carboxylic acid groups (broad SMARTS) is 1. The molecule has 2 atom stereocenters. The number of pyridine rings is 1. The molecule has 0 amide bonds. The molecule has 306 valence electrons. The maximum atomic E-state index is 13.0. The first-order valence-electron chi connectivity index (χ1n) is 21.3. The fraction of sp³-hybridized carbons (Fsp3) is 0.556. The number of hydrogen-bond acceptors (Lipinski definition) is 11. The third kappa shape index (κ3) is 6.67. The molecule has 1 saturated heterocycles. The Hall–Kier alpha value is -4.46. The summed E-state index contributed by atoms with van der Waals surface area (Å²) >= 11 is 1.63. The van der Waals surface area contributed by atoms with E-state index < -0.39 is 5.97 Å². The van der Waals surface area contributed by atoms with Crippen molar-refractivity contribution >= 4 is 38.5 Å². The number of aryl methyl sites for hydroxylation is 1. The number of nitrogens with zero attached hydrogens (tertiary/aromatic N) is 6. The number of ether oxygens (including phenoxy) is 1. The number of thiazole rings is 1. The number of nitrogens with one attached hydrogen (secondary N) is 3. The molecule has 7 aliphatic rings. The monoisotopic (exact) mass is 803 g/mol. The minimum absolute atomic E-state index is 0.0394. The minimum Gasteiger partial charge on any atom is -0.476 e. The van der Waals surface area contributed by atoms with E-state index in [1.54, 1.807) is 11.3 Å². The second-order valence-electron chi connectivity index (χ2n) is 19.4. The van der Waals surface area contributed by atoms with E-state index in [1.807, 2.05) is 18.3 Å². The lowest BCUT2D eigenvalue weighted by Gasteiger charge is -2.69.